The molecule has 96 valence electrons. The van der Waals surface area contributed by atoms with Gasteiger partial charge in [0.25, 0.3) is 0 Å². The van der Waals surface area contributed by atoms with Gasteiger partial charge in [-0.25, -0.2) is 13.4 Å². The van der Waals surface area contributed by atoms with Crippen LogP contribution >= 0.6 is 0 Å². The van der Waals surface area contributed by atoms with Crippen LogP contribution in [-0.2, 0) is 16.6 Å². The van der Waals surface area contributed by atoms with Crippen molar-refractivity contribution in [1.29, 1.82) is 0 Å². The van der Waals surface area contributed by atoms with Gasteiger partial charge in [0.05, 0.1) is 30.2 Å². The molecule has 1 aromatic heterocycles. The Morgan fingerprint density at radius 1 is 1.44 bits per heavy atom. The fourth-order valence-corrected chi connectivity index (χ4v) is 1.94. The molecule has 0 radical (unpaired) electrons. The van der Waals surface area contributed by atoms with Gasteiger partial charge < -0.3 is 9.72 Å². The molecule has 0 aliphatic carbocycles. The first-order valence-corrected chi connectivity index (χ1v) is 7.10. The lowest BCUT2D eigenvalue weighted by atomic mass is 10.3. The van der Waals surface area contributed by atoms with Crippen molar-refractivity contribution >= 4 is 15.7 Å². The molecular weight excluding hydrogens is 254 g/mol. The van der Waals surface area contributed by atoms with E-state index in [1.54, 1.807) is 36.8 Å². The number of hydrogen-bond donors (Lipinski definition) is 2. The van der Waals surface area contributed by atoms with Crippen LogP contribution in [0.15, 0.2) is 36.8 Å². The van der Waals surface area contributed by atoms with Crippen molar-refractivity contribution in [3.05, 3.63) is 42.5 Å². The molecule has 0 aliphatic rings. The molecule has 0 unspecified atom stereocenters. The first kappa shape index (κ1) is 12.4. The van der Waals surface area contributed by atoms with Gasteiger partial charge in [0.15, 0.2) is 0 Å². The molecule has 1 aromatic carbocycles. The summed E-state index contributed by atoms with van der Waals surface area (Å²) in [6.07, 6.45) is 4.34. The summed E-state index contributed by atoms with van der Waals surface area (Å²) in [7, 11) is -3.27. The van der Waals surface area contributed by atoms with E-state index in [-0.39, 0.29) is 0 Å². The molecule has 6 nitrogen and oxygen atoms in total. The number of H-pyrrole nitrogens is 1. The van der Waals surface area contributed by atoms with Crippen molar-refractivity contribution in [1.82, 2.24) is 9.97 Å². The highest BCUT2D eigenvalue weighted by atomic mass is 32.2. The van der Waals surface area contributed by atoms with E-state index in [9.17, 15) is 8.42 Å². The lowest BCUT2D eigenvalue weighted by Gasteiger charge is -2.07. The Labute approximate surface area is 105 Å². The molecule has 0 aliphatic heterocycles. The maximum atomic E-state index is 11.1. The van der Waals surface area contributed by atoms with Crippen molar-refractivity contribution in [2.75, 3.05) is 11.0 Å². The molecule has 2 rings (SSSR count). The smallest absolute Gasteiger partial charge is 0.229 e. The van der Waals surface area contributed by atoms with E-state index in [0.717, 1.165) is 11.9 Å². The van der Waals surface area contributed by atoms with Crippen molar-refractivity contribution < 1.29 is 13.2 Å². The second-order valence-corrected chi connectivity index (χ2v) is 5.52. The van der Waals surface area contributed by atoms with Crippen LogP contribution in [-0.4, -0.2) is 24.6 Å². The minimum Gasteiger partial charge on any atom is -0.487 e. The van der Waals surface area contributed by atoms with Crippen molar-refractivity contribution in [3.8, 4) is 5.75 Å². The number of aromatic nitrogens is 2. The summed E-state index contributed by atoms with van der Waals surface area (Å²) < 4.78 is 30.1. The molecule has 0 amide bonds. The number of benzene rings is 1. The van der Waals surface area contributed by atoms with E-state index in [1.165, 1.54) is 0 Å². The van der Waals surface area contributed by atoms with E-state index in [2.05, 4.69) is 14.7 Å². The minimum absolute atomic E-state index is 0.350. The third-order valence-corrected chi connectivity index (χ3v) is 2.69. The Kier molecular flexibility index (Phi) is 3.52. The largest absolute Gasteiger partial charge is 0.487 e. The second-order valence-electron chi connectivity index (χ2n) is 3.77. The third kappa shape index (κ3) is 3.77. The normalized spacial score (nSPS) is 11.2. The summed E-state index contributed by atoms with van der Waals surface area (Å²) in [5.41, 5.74) is 1.32. The van der Waals surface area contributed by atoms with E-state index in [4.69, 9.17) is 4.74 Å². The van der Waals surface area contributed by atoms with Crippen LogP contribution in [0.5, 0.6) is 5.75 Å². The zero-order valence-electron chi connectivity index (χ0n) is 9.75. The van der Waals surface area contributed by atoms with Crippen LogP contribution < -0.4 is 9.46 Å². The SMILES string of the molecule is CS(=O)(=O)Nc1cccc(OCc2cnc[nH]2)c1. The fraction of sp³-hybridized carbons (Fsp3) is 0.182. The van der Waals surface area contributed by atoms with Gasteiger partial charge in [-0.15, -0.1) is 0 Å². The lowest BCUT2D eigenvalue weighted by molar-refractivity contribution is 0.302. The summed E-state index contributed by atoms with van der Waals surface area (Å²) >= 11 is 0. The van der Waals surface area contributed by atoms with Crippen LogP contribution in [0, 0.1) is 0 Å². The van der Waals surface area contributed by atoms with Gasteiger partial charge in [-0.3, -0.25) is 4.72 Å². The monoisotopic (exact) mass is 267 g/mol. The quantitative estimate of drug-likeness (QED) is 0.856. The molecule has 0 spiro atoms. The van der Waals surface area contributed by atoms with Gasteiger partial charge in [0.1, 0.15) is 12.4 Å². The molecule has 2 N–H and O–H groups in total. The zero-order valence-corrected chi connectivity index (χ0v) is 10.6. The van der Waals surface area contributed by atoms with Gasteiger partial charge in [0, 0.05) is 6.07 Å². The predicted octanol–water partition coefficient (Wildman–Crippen LogP) is 1.36. The number of rotatable bonds is 5. The van der Waals surface area contributed by atoms with Crippen LogP contribution in [0.3, 0.4) is 0 Å². The van der Waals surface area contributed by atoms with E-state index >= 15 is 0 Å². The highest BCUT2D eigenvalue weighted by molar-refractivity contribution is 7.92. The number of hydrogen-bond acceptors (Lipinski definition) is 4. The number of anilines is 1. The minimum atomic E-state index is -3.27. The summed E-state index contributed by atoms with van der Waals surface area (Å²) in [5, 5.41) is 0. The summed E-state index contributed by atoms with van der Waals surface area (Å²) in [6, 6.07) is 6.75. The molecule has 18 heavy (non-hydrogen) atoms. The van der Waals surface area contributed by atoms with Gasteiger partial charge in [0.2, 0.25) is 10.0 Å². The molecule has 1 heterocycles. The van der Waals surface area contributed by atoms with Crippen LogP contribution in [0.4, 0.5) is 5.69 Å². The van der Waals surface area contributed by atoms with Crippen LogP contribution in [0.1, 0.15) is 5.69 Å². The molecule has 2 aromatic rings. The van der Waals surface area contributed by atoms with Gasteiger partial charge in [-0.2, -0.15) is 0 Å². The number of ether oxygens (including phenoxy) is 1. The number of imidazole rings is 1. The molecule has 0 bridgehead atoms. The standard InChI is InChI=1S/C11H13N3O3S/c1-18(15,16)14-9-3-2-4-11(5-9)17-7-10-6-12-8-13-10/h2-6,8,14H,7H2,1H3,(H,12,13). The number of nitrogens with one attached hydrogen (secondary N) is 2. The number of aromatic amines is 1. The van der Waals surface area contributed by atoms with E-state index < -0.39 is 10.0 Å². The molecule has 0 saturated heterocycles. The maximum Gasteiger partial charge on any atom is 0.229 e. The van der Waals surface area contributed by atoms with Crippen LogP contribution in [0.2, 0.25) is 0 Å². The Morgan fingerprint density at radius 2 is 2.28 bits per heavy atom. The topological polar surface area (TPSA) is 84.1 Å². The lowest BCUT2D eigenvalue weighted by Crippen LogP contribution is -2.09. The van der Waals surface area contributed by atoms with Gasteiger partial charge >= 0.3 is 0 Å². The van der Waals surface area contributed by atoms with Gasteiger partial charge in [-0.1, -0.05) is 6.07 Å². The van der Waals surface area contributed by atoms with Crippen molar-refractivity contribution in [2.24, 2.45) is 0 Å². The highest BCUT2D eigenvalue weighted by Crippen LogP contribution is 2.18. The molecule has 0 saturated carbocycles. The predicted molar refractivity (Wildman–Crippen MR) is 67.8 cm³/mol. The first-order chi connectivity index (χ1) is 8.53. The maximum absolute atomic E-state index is 11.1. The average Bonchev–Trinajstić information content (AvgIpc) is 2.77. The highest BCUT2D eigenvalue weighted by Gasteiger charge is 2.03. The third-order valence-electron chi connectivity index (χ3n) is 2.09. The molecule has 0 fully saturated rings. The Bertz CT molecular complexity index is 608. The molecular formula is C11H13N3O3S. The summed E-state index contributed by atoms with van der Waals surface area (Å²) in [5.74, 6) is 0.582. The number of sulfonamides is 1. The van der Waals surface area contributed by atoms with Crippen molar-refractivity contribution in [3.63, 3.8) is 0 Å². The van der Waals surface area contributed by atoms with Gasteiger partial charge in [-0.05, 0) is 12.1 Å². The van der Waals surface area contributed by atoms with E-state index in [1.807, 2.05) is 0 Å². The zero-order chi connectivity index (χ0) is 13.0. The second kappa shape index (κ2) is 5.09. The summed E-state index contributed by atoms with van der Waals surface area (Å²) in [4.78, 5) is 6.79. The molecule has 0 atom stereocenters. The Morgan fingerprint density at radius 3 is 2.94 bits per heavy atom. The van der Waals surface area contributed by atoms with E-state index in [0.29, 0.717) is 18.0 Å². The average molecular weight is 267 g/mol. The summed E-state index contributed by atoms with van der Waals surface area (Å²) in [6.45, 7) is 0.350. The Balaban J connectivity index is 2.03. The first-order valence-electron chi connectivity index (χ1n) is 5.21. The fourth-order valence-electron chi connectivity index (χ4n) is 1.39. The number of nitrogens with zero attached hydrogens (tertiary/aromatic N) is 1. The van der Waals surface area contributed by atoms with Crippen molar-refractivity contribution in [2.45, 2.75) is 6.61 Å². The molecule has 7 heteroatoms. The Hall–Kier alpha value is -2.02. The van der Waals surface area contributed by atoms with Crippen LogP contribution in [0.25, 0.3) is 0 Å².